The lowest BCUT2D eigenvalue weighted by molar-refractivity contribution is -0.119. The average molecular weight is 382 g/mol. The smallest absolute Gasteiger partial charge is 0.225 e. The van der Waals surface area contributed by atoms with Gasteiger partial charge < -0.3 is 15.1 Å². The van der Waals surface area contributed by atoms with Crippen molar-refractivity contribution < 1.29 is 9.21 Å². The summed E-state index contributed by atoms with van der Waals surface area (Å²) in [5.41, 5.74) is 4.86. The Balaban J connectivity index is 1.66. The first kappa shape index (κ1) is 19.0. The molecule has 1 heterocycles. The second-order valence-electron chi connectivity index (χ2n) is 6.72. The number of aromatic nitrogens is 1. The molecular formula is C21H23N3O2S. The molecule has 0 atom stereocenters. The summed E-state index contributed by atoms with van der Waals surface area (Å²) in [6, 6.07) is 14.0. The van der Waals surface area contributed by atoms with Crippen molar-refractivity contribution in [3.63, 3.8) is 0 Å². The number of nitrogens with zero attached hydrogens (tertiary/aromatic N) is 1. The number of rotatable bonds is 5. The number of fused-ring (bicyclic) bond motifs is 1. The molecule has 0 saturated heterocycles. The maximum absolute atomic E-state index is 11.3. The zero-order chi connectivity index (χ0) is 19.4. The Bertz CT molecular complexity index is 961. The SMILES string of the molecule is CCC(=O)NC(=S)Nc1ccc(Cc2nc3cc(C(C)C)ccc3o2)cc1. The lowest BCUT2D eigenvalue weighted by Gasteiger charge is -2.09. The van der Waals surface area contributed by atoms with Gasteiger partial charge >= 0.3 is 0 Å². The van der Waals surface area contributed by atoms with Gasteiger partial charge in [0.2, 0.25) is 5.91 Å². The fourth-order valence-corrected chi connectivity index (χ4v) is 2.92. The summed E-state index contributed by atoms with van der Waals surface area (Å²) in [7, 11) is 0. The molecule has 1 amide bonds. The molecule has 0 unspecified atom stereocenters. The number of oxazole rings is 1. The molecule has 0 spiro atoms. The maximum atomic E-state index is 11.3. The van der Waals surface area contributed by atoms with Crippen LogP contribution in [-0.2, 0) is 11.2 Å². The van der Waals surface area contributed by atoms with E-state index in [9.17, 15) is 4.79 Å². The highest BCUT2D eigenvalue weighted by atomic mass is 32.1. The molecular weight excluding hydrogens is 358 g/mol. The Morgan fingerprint density at radius 3 is 2.59 bits per heavy atom. The van der Waals surface area contributed by atoms with Crippen LogP contribution in [0.3, 0.4) is 0 Å². The Hall–Kier alpha value is -2.73. The highest BCUT2D eigenvalue weighted by molar-refractivity contribution is 7.80. The van der Waals surface area contributed by atoms with Crippen molar-refractivity contribution >= 4 is 40.0 Å². The van der Waals surface area contributed by atoms with Gasteiger partial charge in [-0.1, -0.05) is 39.0 Å². The highest BCUT2D eigenvalue weighted by Gasteiger charge is 2.09. The maximum Gasteiger partial charge on any atom is 0.225 e. The topological polar surface area (TPSA) is 67.2 Å². The van der Waals surface area contributed by atoms with E-state index < -0.39 is 0 Å². The third-order valence-electron chi connectivity index (χ3n) is 4.26. The van der Waals surface area contributed by atoms with Crippen LogP contribution in [0, 0.1) is 0 Å². The van der Waals surface area contributed by atoms with Gasteiger partial charge in [0, 0.05) is 18.5 Å². The van der Waals surface area contributed by atoms with Crippen molar-refractivity contribution in [3.05, 3.63) is 59.5 Å². The van der Waals surface area contributed by atoms with Crippen molar-refractivity contribution in [2.24, 2.45) is 0 Å². The van der Waals surface area contributed by atoms with E-state index in [0.717, 1.165) is 22.4 Å². The van der Waals surface area contributed by atoms with E-state index in [1.165, 1.54) is 5.56 Å². The van der Waals surface area contributed by atoms with Crippen LogP contribution in [0.4, 0.5) is 5.69 Å². The van der Waals surface area contributed by atoms with Gasteiger partial charge in [-0.15, -0.1) is 0 Å². The van der Waals surface area contributed by atoms with Gasteiger partial charge in [0.15, 0.2) is 16.6 Å². The molecule has 5 nitrogen and oxygen atoms in total. The van der Waals surface area contributed by atoms with E-state index in [1.54, 1.807) is 6.92 Å². The molecule has 0 radical (unpaired) electrons. The van der Waals surface area contributed by atoms with E-state index >= 15 is 0 Å². The van der Waals surface area contributed by atoms with Crippen molar-refractivity contribution in [2.75, 3.05) is 5.32 Å². The second-order valence-corrected chi connectivity index (χ2v) is 7.13. The van der Waals surface area contributed by atoms with Gasteiger partial charge in [-0.3, -0.25) is 4.79 Å². The number of nitrogens with one attached hydrogen (secondary N) is 2. The number of anilines is 1. The van der Waals surface area contributed by atoms with Crippen LogP contribution in [0.5, 0.6) is 0 Å². The third-order valence-corrected chi connectivity index (χ3v) is 4.47. The Morgan fingerprint density at radius 2 is 1.93 bits per heavy atom. The lowest BCUT2D eigenvalue weighted by atomic mass is 10.0. The van der Waals surface area contributed by atoms with Crippen molar-refractivity contribution in [1.82, 2.24) is 10.3 Å². The van der Waals surface area contributed by atoms with Crippen molar-refractivity contribution in [2.45, 2.75) is 39.5 Å². The van der Waals surface area contributed by atoms with E-state index in [2.05, 4.69) is 41.6 Å². The van der Waals surface area contributed by atoms with Gasteiger partial charge in [-0.25, -0.2) is 4.98 Å². The molecule has 0 aliphatic rings. The summed E-state index contributed by atoms with van der Waals surface area (Å²) in [6.45, 7) is 6.11. The normalized spacial score (nSPS) is 11.0. The van der Waals surface area contributed by atoms with Crippen LogP contribution in [0.25, 0.3) is 11.1 Å². The van der Waals surface area contributed by atoms with Crippen LogP contribution in [0.15, 0.2) is 46.9 Å². The molecule has 3 rings (SSSR count). The average Bonchev–Trinajstić information content (AvgIpc) is 3.04. The van der Waals surface area contributed by atoms with E-state index in [0.29, 0.717) is 29.8 Å². The Kier molecular flexibility index (Phi) is 5.86. The molecule has 2 N–H and O–H groups in total. The standard InChI is InChI=1S/C21H23N3O2S/c1-4-19(25)24-21(27)22-16-8-5-14(6-9-16)11-20-23-17-12-15(13(2)3)7-10-18(17)26-20/h5-10,12-13H,4,11H2,1-3H3,(H2,22,24,25,27). The fourth-order valence-electron chi connectivity index (χ4n) is 2.68. The number of benzene rings is 2. The summed E-state index contributed by atoms with van der Waals surface area (Å²) in [4.78, 5) is 16.0. The first-order valence-electron chi connectivity index (χ1n) is 9.03. The van der Waals surface area contributed by atoms with E-state index in [1.807, 2.05) is 30.3 Å². The van der Waals surface area contributed by atoms with Crippen molar-refractivity contribution in [3.8, 4) is 0 Å². The number of thiocarbonyl (C=S) groups is 1. The number of carbonyl (C=O) groups is 1. The van der Waals surface area contributed by atoms with Crippen molar-refractivity contribution in [1.29, 1.82) is 0 Å². The van der Waals surface area contributed by atoms with Crippen LogP contribution >= 0.6 is 12.2 Å². The van der Waals surface area contributed by atoms with Crippen LogP contribution in [0.2, 0.25) is 0 Å². The van der Waals surface area contributed by atoms with Gasteiger partial charge in [0.05, 0.1) is 0 Å². The lowest BCUT2D eigenvalue weighted by Crippen LogP contribution is -2.33. The summed E-state index contributed by atoms with van der Waals surface area (Å²) in [5.74, 6) is 1.04. The molecule has 0 aliphatic heterocycles. The van der Waals surface area contributed by atoms with Crippen LogP contribution in [0.1, 0.15) is 50.1 Å². The molecule has 6 heteroatoms. The fraction of sp³-hybridized carbons (Fsp3) is 0.286. The summed E-state index contributed by atoms with van der Waals surface area (Å²) < 4.78 is 5.86. The highest BCUT2D eigenvalue weighted by Crippen LogP contribution is 2.23. The van der Waals surface area contributed by atoms with Crippen LogP contribution < -0.4 is 10.6 Å². The van der Waals surface area contributed by atoms with Gasteiger partial charge in [-0.05, 0) is 53.5 Å². The number of carbonyl (C=O) groups excluding carboxylic acids is 1. The molecule has 0 saturated carbocycles. The molecule has 1 aromatic heterocycles. The Morgan fingerprint density at radius 1 is 1.19 bits per heavy atom. The summed E-state index contributed by atoms with van der Waals surface area (Å²) in [6.07, 6.45) is 1.01. The van der Waals surface area contributed by atoms with E-state index in [4.69, 9.17) is 16.6 Å². The molecule has 2 aromatic carbocycles. The number of hydrogen-bond acceptors (Lipinski definition) is 4. The number of hydrogen-bond donors (Lipinski definition) is 2. The quantitative estimate of drug-likeness (QED) is 0.624. The second kappa shape index (κ2) is 8.31. The predicted molar refractivity (Wildman–Crippen MR) is 112 cm³/mol. The van der Waals surface area contributed by atoms with Gasteiger partial charge in [0.1, 0.15) is 5.52 Å². The molecule has 140 valence electrons. The molecule has 0 bridgehead atoms. The minimum absolute atomic E-state index is 0.110. The van der Waals surface area contributed by atoms with Gasteiger partial charge in [0.25, 0.3) is 0 Å². The first-order chi connectivity index (χ1) is 12.9. The monoisotopic (exact) mass is 381 g/mol. The zero-order valence-corrected chi connectivity index (χ0v) is 16.5. The molecule has 0 fully saturated rings. The minimum Gasteiger partial charge on any atom is -0.440 e. The largest absolute Gasteiger partial charge is 0.440 e. The molecule has 0 aliphatic carbocycles. The summed E-state index contributed by atoms with van der Waals surface area (Å²) >= 11 is 5.11. The number of amides is 1. The van der Waals surface area contributed by atoms with E-state index in [-0.39, 0.29) is 5.91 Å². The predicted octanol–water partition coefficient (Wildman–Crippen LogP) is 4.77. The zero-order valence-electron chi connectivity index (χ0n) is 15.7. The Labute approximate surface area is 164 Å². The molecule has 27 heavy (non-hydrogen) atoms. The third kappa shape index (κ3) is 4.92. The summed E-state index contributed by atoms with van der Waals surface area (Å²) in [5, 5.41) is 5.91. The first-order valence-corrected chi connectivity index (χ1v) is 9.44. The molecule has 3 aromatic rings. The van der Waals surface area contributed by atoms with Gasteiger partial charge in [-0.2, -0.15) is 0 Å². The minimum atomic E-state index is -0.110. The van der Waals surface area contributed by atoms with Crippen LogP contribution in [-0.4, -0.2) is 16.0 Å².